The number of aliphatic hydroxyl groups is 1. The van der Waals surface area contributed by atoms with Crippen molar-refractivity contribution in [1.29, 1.82) is 0 Å². The fraction of sp³-hybridized carbons (Fsp3) is 0.625. The lowest BCUT2D eigenvalue weighted by Gasteiger charge is -2.34. The van der Waals surface area contributed by atoms with Gasteiger partial charge in [-0.1, -0.05) is 44.2 Å². The minimum Gasteiger partial charge on any atom is -0.394 e. The number of hydrogen-bond donors (Lipinski definition) is 2. The lowest BCUT2D eigenvalue weighted by molar-refractivity contribution is 0.0588. The molecule has 0 aromatic heterocycles. The van der Waals surface area contributed by atoms with Crippen LogP contribution in [0.1, 0.15) is 19.4 Å². The average molecular weight is 280 g/mol. The van der Waals surface area contributed by atoms with Crippen LogP contribution < -0.4 is 5.32 Å². The van der Waals surface area contributed by atoms with Gasteiger partial charge in [-0.15, -0.1) is 0 Å². The number of ether oxygens (including phenoxy) is 1. The second-order valence-corrected chi connectivity index (χ2v) is 4.99. The maximum atomic E-state index is 9.88. The number of likely N-dealkylation sites (N-methyl/N-ethyl adjacent to an activating group) is 1. The topological polar surface area (TPSA) is 44.7 Å². The molecule has 1 unspecified atom stereocenters. The highest BCUT2D eigenvalue weighted by atomic mass is 16.5. The Hall–Kier alpha value is -0.940. The van der Waals surface area contributed by atoms with E-state index in [9.17, 15) is 5.11 Å². The molecule has 0 amide bonds. The van der Waals surface area contributed by atoms with Crippen LogP contribution in [0.25, 0.3) is 0 Å². The van der Waals surface area contributed by atoms with Crippen LogP contribution in [0, 0.1) is 0 Å². The Morgan fingerprint density at radius 1 is 1.20 bits per heavy atom. The van der Waals surface area contributed by atoms with Crippen molar-refractivity contribution in [3.8, 4) is 0 Å². The highest BCUT2D eigenvalue weighted by Crippen LogP contribution is 2.21. The van der Waals surface area contributed by atoms with Crippen LogP contribution in [0.2, 0.25) is 0 Å². The molecule has 20 heavy (non-hydrogen) atoms. The molecule has 1 atom stereocenters. The molecule has 1 aromatic carbocycles. The monoisotopic (exact) mass is 280 g/mol. The van der Waals surface area contributed by atoms with Crippen molar-refractivity contribution < 1.29 is 9.84 Å². The van der Waals surface area contributed by atoms with Gasteiger partial charge in [0.15, 0.2) is 0 Å². The van der Waals surface area contributed by atoms with E-state index in [0.717, 1.165) is 31.7 Å². The van der Waals surface area contributed by atoms with Crippen molar-refractivity contribution in [3.05, 3.63) is 35.9 Å². The Balaban J connectivity index is 2.74. The van der Waals surface area contributed by atoms with Gasteiger partial charge in [0.05, 0.1) is 18.8 Å². The zero-order valence-corrected chi connectivity index (χ0v) is 12.9. The molecular formula is C16H28N2O2. The minimum atomic E-state index is -0.525. The number of rotatable bonds is 10. The largest absolute Gasteiger partial charge is 0.394 e. The Bertz CT molecular complexity index is 355. The molecule has 0 saturated heterocycles. The molecule has 0 saturated carbocycles. The molecule has 0 aliphatic heterocycles. The van der Waals surface area contributed by atoms with Crippen LogP contribution in [0.5, 0.6) is 0 Å². The molecule has 4 heteroatoms. The molecule has 0 bridgehead atoms. The third kappa shape index (κ3) is 4.56. The van der Waals surface area contributed by atoms with Crippen molar-refractivity contribution in [1.82, 2.24) is 10.2 Å². The second-order valence-electron chi connectivity index (χ2n) is 4.99. The third-order valence-electron chi connectivity index (χ3n) is 3.77. The summed E-state index contributed by atoms with van der Waals surface area (Å²) in [6, 6.07) is 10.0. The molecule has 1 aromatic rings. The molecule has 2 N–H and O–H groups in total. The van der Waals surface area contributed by atoms with Gasteiger partial charge in [0.25, 0.3) is 0 Å². The standard InChI is InChI=1S/C16H28N2O2/c1-4-18(5-2)12-11-17-16(13-19,14-20-3)15-9-7-6-8-10-15/h6-10,17,19H,4-5,11-14H2,1-3H3. The first-order chi connectivity index (χ1) is 9.72. The number of methoxy groups -OCH3 is 1. The molecule has 114 valence electrons. The molecule has 0 fully saturated rings. The Labute approximate surface area is 122 Å². The van der Waals surface area contributed by atoms with Crippen molar-refractivity contribution in [2.24, 2.45) is 0 Å². The van der Waals surface area contributed by atoms with Gasteiger partial charge in [-0.2, -0.15) is 0 Å². The zero-order valence-electron chi connectivity index (χ0n) is 12.9. The first kappa shape index (κ1) is 17.1. The van der Waals surface area contributed by atoms with Gasteiger partial charge in [0.1, 0.15) is 0 Å². The molecular weight excluding hydrogens is 252 g/mol. The van der Waals surface area contributed by atoms with E-state index in [4.69, 9.17) is 4.74 Å². The average Bonchev–Trinajstić information content (AvgIpc) is 2.51. The van der Waals surface area contributed by atoms with Gasteiger partial charge in [0, 0.05) is 20.2 Å². The maximum Gasteiger partial charge on any atom is 0.0906 e. The first-order valence-corrected chi connectivity index (χ1v) is 7.35. The maximum absolute atomic E-state index is 9.88. The van der Waals surface area contributed by atoms with E-state index in [-0.39, 0.29) is 6.61 Å². The van der Waals surface area contributed by atoms with Gasteiger partial charge < -0.3 is 20.1 Å². The van der Waals surface area contributed by atoms with Crippen LogP contribution >= 0.6 is 0 Å². The smallest absolute Gasteiger partial charge is 0.0906 e. The fourth-order valence-corrected chi connectivity index (χ4v) is 2.43. The van der Waals surface area contributed by atoms with Crippen molar-refractivity contribution in [2.75, 3.05) is 46.5 Å². The summed E-state index contributed by atoms with van der Waals surface area (Å²) >= 11 is 0. The number of hydrogen-bond acceptors (Lipinski definition) is 4. The minimum absolute atomic E-state index is 0.0170. The van der Waals surface area contributed by atoms with Crippen LogP contribution in [0.3, 0.4) is 0 Å². The summed E-state index contributed by atoms with van der Waals surface area (Å²) in [5.74, 6) is 0. The molecule has 0 spiro atoms. The van der Waals surface area contributed by atoms with Gasteiger partial charge in [-0.05, 0) is 18.7 Å². The lowest BCUT2D eigenvalue weighted by Crippen LogP contribution is -2.51. The summed E-state index contributed by atoms with van der Waals surface area (Å²) in [5, 5.41) is 13.4. The van der Waals surface area contributed by atoms with E-state index in [1.54, 1.807) is 7.11 Å². The lowest BCUT2D eigenvalue weighted by atomic mass is 9.91. The molecule has 0 aliphatic carbocycles. The summed E-state index contributed by atoms with van der Waals surface area (Å²) < 4.78 is 5.33. The number of nitrogens with zero attached hydrogens (tertiary/aromatic N) is 1. The van der Waals surface area contributed by atoms with E-state index >= 15 is 0 Å². The quantitative estimate of drug-likeness (QED) is 0.681. The predicted octanol–water partition coefficient (Wildman–Crippen LogP) is 1.45. The Morgan fingerprint density at radius 2 is 1.85 bits per heavy atom. The molecule has 4 nitrogen and oxygen atoms in total. The van der Waals surface area contributed by atoms with Gasteiger partial charge in [0.2, 0.25) is 0 Å². The zero-order chi connectivity index (χ0) is 14.8. The number of nitrogens with one attached hydrogen (secondary N) is 1. The van der Waals surface area contributed by atoms with E-state index in [0.29, 0.717) is 6.61 Å². The van der Waals surface area contributed by atoms with Crippen LogP contribution in [0.15, 0.2) is 30.3 Å². The van der Waals surface area contributed by atoms with Crippen LogP contribution in [-0.4, -0.2) is 56.5 Å². The van der Waals surface area contributed by atoms with Crippen LogP contribution in [-0.2, 0) is 10.3 Å². The number of aliphatic hydroxyl groups excluding tert-OH is 1. The van der Waals surface area contributed by atoms with Gasteiger partial charge in [-0.25, -0.2) is 0 Å². The molecule has 0 aliphatic rings. The summed E-state index contributed by atoms with van der Waals surface area (Å²) in [6.07, 6.45) is 0. The normalized spacial score (nSPS) is 14.4. The summed E-state index contributed by atoms with van der Waals surface area (Å²) in [5.41, 5.74) is 0.535. The first-order valence-electron chi connectivity index (χ1n) is 7.35. The molecule has 0 radical (unpaired) electrons. The number of benzene rings is 1. The van der Waals surface area contributed by atoms with E-state index in [2.05, 4.69) is 24.1 Å². The highest BCUT2D eigenvalue weighted by Gasteiger charge is 2.30. The van der Waals surface area contributed by atoms with Crippen molar-refractivity contribution >= 4 is 0 Å². The van der Waals surface area contributed by atoms with E-state index in [1.165, 1.54) is 0 Å². The summed E-state index contributed by atoms with van der Waals surface area (Å²) in [6.45, 7) is 8.66. The van der Waals surface area contributed by atoms with Crippen molar-refractivity contribution in [2.45, 2.75) is 19.4 Å². The fourth-order valence-electron chi connectivity index (χ4n) is 2.43. The third-order valence-corrected chi connectivity index (χ3v) is 3.77. The summed E-state index contributed by atoms with van der Waals surface area (Å²) in [4.78, 5) is 2.35. The summed E-state index contributed by atoms with van der Waals surface area (Å²) in [7, 11) is 1.67. The Kier molecular flexibility index (Phi) is 7.77. The highest BCUT2D eigenvalue weighted by molar-refractivity contribution is 5.25. The molecule has 0 heterocycles. The second kappa shape index (κ2) is 9.08. The van der Waals surface area contributed by atoms with Crippen molar-refractivity contribution in [3.63, 3.8) is 0 Å². The predicted molar refractivity (Wildman–Crippen MR) is 82.9 cm³/mol. The van der Waals surface area contributed by atoms with E-state index < -0.39 is 5.54 Å². The van der Waals surface area contributed by atoms with Crippen LogP contribution in [0.4, 0.5) is 0 Å². The van der Waals surface area contributed by atoms with E-state index in [1.807, 2.05) is 30.3 Å². The van der Waals surface area contributed by atoms with Gasteiger partial charge >= 0.3 is 0 Å². The molecule has 1 rings (SSSR count). The SMILES string of the molecule is CCN(CC)CCNC(CO)(COC)c1ccccc1. The van der Waals surface area contributed by atoms with Gasteiger partial charge in [-0.3, -0.25) is 0 Å². The Morgan fingerprint density at radius 3 is 2.35 bits per heavy atom.